The van der Waals surface area contributed by atoms with E-state index in [1.165, 1.54) is 0 Å². The van der Waals surface area contributed by atoms with E-state index >= 15 is 0 Å². The number of nitrogens with one attached hydrogen (secondary N) is 2. The molecule has 0 aliphatic rings. The molecule has 0 unspecified atom stereocenters. The van der Waals surface area contributed by atoms with Gasteiger partial charge < -0.3 is 33.0 Å². The average molecular weight is 798 g/mol. The first-order valence-electron chi connectivity index (χ1n) is 20.0. The van der Waals surface area contributed by atoms with Crippen molar-refractivity contribution < 1.29 is 23.0 Å². The third-order valence-electron chi connectivity index (χ3n) is 11.3. The van der Waals surface area contributed by atoms with Crippen LogP contribution in [0.4, 0.5) is 0 Å². The average Bonchev–Trinajstić information content (AvgIpc) is 4.08. The molecule has 0 bridgehead atoms. The minimum absolute atomic E-state index is 0.447. The van der Waals surface area contributed by atoms with Crippen molar-refractivity contribution in [3.63, 3.8) is 0 Å². The van der Waals surface area contributed by atoms with Gasteiger partial charge in [-0.05, 0) is 68.5 Å². The molecule has 0 radical (unpaired) electrons. The smallest absolute Gasteiger partial charge is 0.146 e. The molecule has 0 aliphatic heterocycles. The first-order chi connectivity index (χ1) is 28.4. The number of pyridine rings is 2. The lowest BCUT2D eigenvalue weighted by Crippen LogP contribution is -1.97. The number of aryl methyl sites for hydroxylation is 6. The van der Waals surface area contributed by atoms with Crippen LogP contribution in [0.2, 0.25) is 5.15 Å². The SMILES string of the molecule is CCc1noc(CCCCc2noc(CC)c2-c2cc3[nH]c4ccnc(Cl)c4c3cc2OC)c1-c1cc2[nH]c3ccnc(-c4c(CC)noc4CC)c3c2cc1OC. The second-order valence-corrected chi connectivity index (χ2v) is 14.8. The van der Waals surface area contributed by atoms with E-state index in [1.54, 1.807) is 20.4 Å². The number of hydrogen-bond acceptors (Lipinski definition) is 10. The van der Waals surface area contributed by atoms with Crippen LogP contribution >= 0.6 is 11.6 Å². The third-order valence-corrected chi connectivity index (χ3v) is 11.6. The van der Waals surface area contributed by atoms with Crippen LogP contribution in [0.25, 0.3) is 77.1 Å². The second-order valence-electron chi connectivity index (χ2n) is 14.5. The highest BCUT2D eigenvalue weighted by Gasteiger charge is 2.26. The standard InChI is InChI=1S/C45H44ClN7O5/c1-7-27-39(25-19-32-23(21-37(25)54-5)41-29(49-32)15-17-47-44(41)43-28(8-2)52-57-35(43)10-4)36(58-51-27)14-12-11-13-31-40(34(9-3)56-53-31)26-20-33-24(22-38(26)55-6)42-30(50-33)16-18-48-45(42)46/h15-22,49-50H,7-14H2,1-6H3. The zero-order chi connectivity index (χ0) is 40.1. The number of benzene rings is 2. The van der Waals surface area contributed by atoms with Crippen LogP contribution in [0.5, 0.6) is 11.5 Å². The maximum atomic E-state index is 6.52. The topological polar surface area (TPSA) is 154 Å². The number of H-pyrrole nitrogens is 2. The second kappa shape index (κ2) is 15.3. The van der Waals surface area contributed by atoms with Gasteiger partial charge in [-0.2, -0.15) is 0 Å². The molecule has 7 heterocycles. The predicted octanol–water partition coefficient (Wildman–Crippen LogP) is 11.2. The normalized spacial score (nSPS) is 11.9. The Bertz CT molecular complexity index is 2950. The van der Waals surface area contributed by atoms with Crippen molar-refractivity contribution in [3.8, 4) is 45.0 Å². The number of rotatable bonds is 14. The fourth-order valence-corrected chi connectivity index (χ4v) is 8.74. The van der Waals surface area contributed by atoms with Gasteiger partial charge in [0.2, 0.25) is 0 Å². The van der Waals surface area contributed by atoms with Gasteiger partial charge in [0.1, 0.15) is 33.9 Å². The fraction of sp³-hybridized carbons (Fsp3) is 0.311. The van der Waals surface area contributed by atoms with Crippen LogP contribution in [0.15, 0.2) is 62.4 Å². The van der Waals surface area contributed by atoms with Gasteiger partial charge in [-0.25, -0.2) is 4.98 Å². The molecule has 2 aromatic carbocycles. The number of ether oxygens (including phenoxy) is 2. The van der Waals surface area contributed by atoms with Crippen molar-refractivity contribution in [2.24, 2.45) is 0 Å². The lowest BCUT2D eigenvalue weighted by atomic mass is 9.95. The van der Waals surface area contributed by atoms with Crippen LogP contribution in [-0.2, 0) is 38.5 Å². The number of methoxy groups -OCH3 is 2. The number of nitrogens with zero attached hydrogens (tertiary/aromatic N) is 5. The number of fused-ring (bicyclic) bond motifs is 6. The van der Waals surface area contributed by atoms with Crippen molar-refractivity contribution in [3.05, 3.63) is 88.3 Å². The van der Waals surface area contributed by atoms with E-state index in [1.807, 2.05) is 24.4 Å². The lowest BCUT2D eigenvalue weighted by Gasteiger charge is -2.11. The van der Waals surface area contributed by atoms with Gasteiger partial charge in [0.25, 0.3) is 0 Å². The summed E-state index contributed by atoms with van der Waals surface area (Å²) in [6, 6.07) is 12.3. The zero-order valence-corrected chi connectivity index (χ0v) is 34.2. The van der Waals surface area contributed by atoms with E-state index in [0.29, 0.717) is 36.6 Å². The summed E-state index contributed by atoms with van der Waals surface area (Å²) >= 11 is 6.52. The van der Waals surface area contributed by atoms with Gasteiger partial charge in [0.15, 0.2) is 0 Å². The molecule has 7 aromatic heterocycles. The molecular weight excluding hydrogens is 754 g/mol. The largest absolute Gasteiger partial charge is 0.496 e. The summed E-state index contributed by atoms with van der Waals surface area (Å²) in [5.41, 5.74) is 12.1. The fourth-order valence-electron chi connectivity index (χ4n) is 8.48. The maximum Gasteiger partial charge on any atom is 0.146 e. The summed E-state index contributed by atoms with van der Waals surface area (Å²) in [5, 5.41) is 17.8. The minimum atomic E-state index is 0.447. The summed E-state index contributed by atoms with van der Waals surface area (Å²) in [6.07, 6.45) is 9.48. The first-order valence-corrected chi connectivity index (χ1v) is 20.3. The Labute approximate surface area is 339 Å². The molecule has 9 aromatic rings. The van der Waals surface area contributed by atoms with Gasteiger partial charge >= 0.3 is 0 Å². The summed E-state index contributed by atoms with van der Waals surface area (Å²) in [4.78, 5) is 16.3. The van der Waals surface area contributed by atoms with Gasteiger partial charge in [-0.3, -0.25) is 4.98 Å². The zero-order valence-electron chi connectivity index (χ0n) is 33.4. The Morgan fingerprint density at radius 1 is 0.569 bits per heavy atom. The summed E-state index contributed by atoms with van der Waals surface area (Å²) in [7, 11) is 3.39. The Hall–Kier alpha value is -6.14. The van der Waals surface area contributed by atoms with Crippen molar-refractivity contribution >= 4 is 55.2 Å². The van der Waals surface area contributed by atoms with E-state index in [4.69, 9.17) is 39.6 Å². The highest BCUT2D eigenvalue weighted by molar-refractivity contribution is 6.36. The molecule has 0 fully saturated rings. The van der Waals surface area contributed by atoms with E-state index in [9.17, 15) is 0 Å². The molecule has 0 saturated heterocycles. The predicted molar refractivity (Wildman–Crippen MR) is 226 cm³/mol. The highest BCUT2D eigenvalue weighted by Crippen LogP contribution is 2.44. The van der Waals surface area contributed by atoms with Gasteiger partial charge in [-0.1, -0.05) is 54.8 Å². The molecule has 12 nitrogen and oxygen atoms in total. The number of hydrogen-bond donors (Lipinski definition) is 2. The monoisotopic (exact) mass is 797 g/mol. The summed E-state index contributed by atoms with van der Waals surface area (Å²) < 4.78 is 29.8. The quantitative estimate of drug-likeness (QED) is 0.0802. The lowest BCUT2D eigenvalue weighted by molar-refractivity contribution is 0.372. The highest BCUT2D eigenvalue weighted by atomic mass is 35.5. The maximum absolute atomic E-state index is 6.52. The minimum Gasteiger partial charge on any atom is -0.496 e. The van der Waals surface area contributed by atoms with Crippen LogP contribution in [0, 0.1) is 0 Å². The Morgan fingerprint density at radius 3 is 1.71 bits per heavy atom. The van der Waals surface area contributed by atoms with Crippen molar-refractivity contribution in [2.75, 3.05) is 14.2 Å². The molecule has 296 valence electrons. The Morgan fingerprint density at radius 2 is 1.09 bits per heavy atom. The van der Waals surface area contributed by atoms with Gasteiger partial charge in [0, 0.05) is 75.4 Å². The molecule has 9 rings (SSSR count). The van der Waals surface area contributed by atoms with Crippen LogP contribution in [0.1, 0.15) is 74.9 Å². The van der Waals surface area contributed by atoms with E-state index < -0.39 is 0 Å². The number of unbranched alkanes of at least 4 members (excludes halogenated alkanes) is 1. The molecular formula is C45H44ClN7O5. The number of aromatic amines is 2. The first kappa shape index (κ1) is 37.4. The van der Waals surface area contributed by atoms with E-state index in [2.05, 4.69) is 76.3 Å². The molecule has 0 aliphatic carbocycles. The molecule has 0 spiro atoms. The molecule has 13 heteroatoms. The van der Waals surface area contributed by atoms with Crippen molar-refractivity contribution in [2.45, 2.75) is 79.1 Å². The molecule has 0 atom stereocenters. The van der Waals surface area contributed by atoms with Crippen molar-refractivity contribution in [1.82, 2.24) is 35.4 Å². The van der Waals surface area contributed by atoms with E-state index in [0.717, 1.165) is 143 Å². The molecule has 58 heavy (non-hydrogen) atoms. The Kier molecular flexibility index (Phi) is 9.89. The molecule has 0 saturated carbocycles. The molecule has 0 amide bonds. The number of halogens is 1. The van der Waals surface area contributed by atoms with Crippen LogP contribution in [0.3, 0.4) is 0 Å². The van der Waals surface area contributed by atoms with Gasteiger partial charge in [0.05, 0.1) is 64.7 Å². The van der Waals surface area contributed by atoms with Crippen molar-refractivity contribution in [1.29, 1.82) is 0 Å². The summed E-state index contributed by atoms with van der Waals surface area (Å²) in [5.74, 6) is 3.92. The third kappa shape index (κ3) is 6.09. The van der Waals surface area contributed by atoms with Crippen LogP contribution in [-0.4, -0.2) is 49.6 Å². The number of aromatic nitrogens is 7. The Balaban J connectivity index is 1.02. The van der Waals surface area contributed by atoms with Gasteiger partial charge in [-0.15, -0.1) is 0 Å². The summed E-state index contributed by atoms with van der Waals surface area (Å²) in [6.45, 7) is 8.32. The molecule has 2 N–H and O–H groups in total. The van der Waals surface area contributed by atoms with E-state index in [-0.39, 0.29) is 0 Å². The van der Waals surface area contributed by atoms with Crippen LogP contribution < -0.4 is 9.47 Å².